The normalized spacial score (nSPS) is 17.2. The number of carbonyl (C=O) groups excluding carboxylic acids is 2. The van der Waals surface area contributed by atoms with E-state index in [0.717, 1.165) is 18.3 Å². The number of amides is 1. The monoisotopic (exact) mass is 477 g/mol. The maximum absolute atomic E-state index is 14.6. The second-order valence-electron chi connectivity index (χ2n) is 7.76. The first-order valence-electron chi connectivity index (χ1n) is 9.63. The fraction of sp³-hybridized carbons (Fsp3) is 0.286. The van der Waals surface area contributed by atoms with E-state index in [4.69, 9.17) is 17.5 Å². The number of ketones is 1. The molecule has 1 aromatic heterocycles. The highest BCUT2D eigenvalue weighted by Gasteiger charge is 2.56. The summed E-state index contributed by atoms with van der Waals surface area (Å²) in [5.74, 6) is -1.50. The summed E-state index contributed by atoms with van der Waals surface area (Å²) >= 11 is 5.53. The summed E-state index contributed by atoms with van der Waals surface area (Å²) in [5, 5.41) is 11.4. The Morgan fingerprint density at radius 1 is 1.27 bits per heavy atom. The number of aromatic nitrogens is 1. The second-order valence-corrected chi connectivity index (χ2v) is 8.13. The Labute approximate surface area is 190 Å². The summed E-state index contributed by atoms with van der Waals surface area (Å²) in [4.78, 5) is 30.2. The topological polar surface area (TPSA) is 89.3 Å². The van der Waals surface area contributed by atoms with Crippen LogP contribution in [-0.2, 0) is 11.0 Å². The van der Waals surface area contributed by atoms with Gasteiger partial charge in [-0.15, -0.1) is 0 Å². The maximum atomic E-state index is 14.6. The number of benzene rings is 1. The zero-order valence-electron chi connectivity index (χ0n) is 17.0. The Bertz CT molecular complexity index is 1230. The van der Waals surface area contributed by atoms with Gasteiger partial charge >= 0.3 is 6.18 Å². The van der Waals surface area contributed by atoms with Crippen LogP contribution in [0.2, 0.25) is 0 Å². The molecule has 2 heterocycles. The highest BCUT2D eigenvalue weighted by atomic mass is 32.1. The number of hydrogen-bond donors (Lipinski definition) is 1. The fourth-order valence-corrected chi connectivity index (χ4v) is 4.63. The first-order chi connectivity index (χ1) is 15.5. The first-order valence-corrected chi connectivity index (χ1v) is 10.0. The molecule has 170 valence electrons. The van der Waals surface area contributed by atoms with Crippen molar-refractivity contribution >= 4 is 40.4 Å². The van der Waals surface area contributed by atoms with E-state index in [1.807, 2.05) is 0 Å². The average molecular weight is 477 g/mol. The predicted octanol–water partition coefficient (Wildman–Crippen LogP) is 3.18. The zero-order valence-corrected chi connectivity index (χ0v) is 17.9. The van der Waals surface area contributed by atoms with Crippen LogP contribution in [0.5, 0.6) is 0 Å². The molecule has 1 aromatic carbocycles. The second kappa shape index (κ2) is 7.77. The molecule has 0 atom stereocenters. The van der Waals surface area contributed by atoms with Crippen molar-refractivity contribution in [3.8, 4) is 6.07 Å². The van der Waals surface area contributed by atoms with Crippen molar-refractivity contribution in [3.63, 3.8) is 0 Å². The molecule has 2 fully saturated rings. The van der Waals surface area contributed by atoms with Gasteiger partial charge in [-0.05, 0) is 36.5 Å². The van der Waals surface area contributed by atoms with E-state index in [2.05, 4.69) is 10.3 Å². The summed E-state index contributed by atoms with van der Waals surface area (Å²) in [6.45, 7) is 0.0707. The molecule has 4 rings (SSSR count). The molecule has 7 nitrogen and oxygen atoms in total. The summed E-state index contributed by atoms with van der Waals surface area (Å²) in [6.07, 6.45) is -3.57. The van der Waals surface area contributed by atoms with Gasteiger partial charge in [-0.1, -0.05) is 0 Å². The number of carbonyl (C=O) groups is 2. The van der Waals surface area contributed by atoms with Gasteiger partial charge in [-0.3, -0.25) is 9.59 Å². The van der Waals surface area contributed by atoms with Crippen molar-refractivity contribution in [1.29, 1.82) is 5.26 Å². The lowest BCUT2D eigenvalue weighted by molar-refractivity contribution is -0.138. The third-order valence-electron chi connectivity index (χ3n) is 5.68. The first kappa shape index (κ1) is 22.6. The van der Waals surface area contributed by atoms with Gasteiger partial charge in [-0.2, -0.15) is 18.4 Å². The summed E-state index contributed by atoms with van der Waals surface area (Å²) < 4.78 is 54.9. The number of hydrogen-bond acceptors (Lipinski definition) is 5. The molecule has 33 heavy (non-hydrogen) atoms. The third kappa shape index (κ3) is 3.68. The minimum Gasteiger partial charge on any atom is -0.355 e. The highest BCUT2D eigenvalue weighted by Crippen LogP contribution is 2.46. The number of halogens is 4. The molecule has 12 heteroatoms. The lowest BCUT2D eigenvalue weighted by atomic mass is 9.74. The van der Waals surface area contributed by atoms with E-state index in [1.54, 1.807) is 0 Å². The third-order valence-corrected chi connectivity index (χ3v) is 6.08. The van der Waals surface area contributed by atoms with Crippen LogP contribution < -0.4 is 15.1 Å². The molecule has 2 aromatic rings. The molecule has 1 spiro atoms. The number of thiocarbonyl (C=S) groups is 1. The summed E-state index contributed by atoms with van der Waals surface area (Å²) in [5.41, 5.74) is -2.78. The van der Waals surface area contributed by atoms with E-state index >= 15 is 0 Å². The van der Waals surface area contributed by atoms with E-state index in [9.17, 15) is 27.2 Å². The van der Waals surface area contributed by atoms with Crippen molar-refractivity contribution < 1.29 is 27.2 Å². The van der Waals surface area contributed by atoms with Crippen LogP contribution in [-0.4, -0.2) is 40.9 Å². The fourth-order valence-electron chi connectivity index (χ4n) is 4.16. The maximum Gasteiger partial charge on any atom is 0.419 e. The molecule has 1 N–H and O–H groups in total. The Morgan fingerprint density at radius 2 is 1.97 bits per heavy atom. The quantitative estimate of drug-likeness (QED) is 0.537. The number of nitrogens with one attached hydrogen (secondary N) is 1. The number of anilines is 2. The van der Waals surface area contributed by atoms with Crippen LogP contribution in [0.1, 0.15) is 34.5 Å². The van der Waals surface area contributed by atoms with E-state index in [0.29, 0.717) is 0 Å². The molecular formula is C21H15F4N5O2S. The van der Waals surface area contributed by atoms with Gasteiger partial charge in [0.2, 0.25) is 0 Å². The van der Waals surface area contributed by atoms with Crippen LogP contribution in [0.3, 0.4) is 0 Å². The molecule has 1 amide bonds. The molecule has 1 aliphatic carbocycles. The van der Waals surface area contributed by atoms with Crippen LogP contribution in [0, 0.1) is 17.1 Å². The van der Waals surface area contributed by atoms with Crippen molar-refractivity contribution in [2.45, 2.75) is 24.6 Å². The molecular weight excluding hydrogens is 462 g/mol. The standard InChI is InChI=1S/C21H15F4N5O2S/c1-27-18(32)14-3-2-11(5-16(14)22)30-19(33)29(10-20(30)6-13(31)7-20)12-4-15(21(23,24)25)17(8-26)28-9-12/h2-5,9H,6-7,10H2,1H3,(H,27,32). The van der Waals surface area contributed by atoms with Gasteiger partial charge in [0.1, 0.15) is 17.7 Å². The van der Waals surface area contributed by atoms with Crippen LogP contribution in [0.15, 0.2) is 30.5 Å². The lowest BCUT2D eigenvalue weighted by Gasteiger charge is -2.43. The van der Waals surface area contributed by atoms with Crippen molar-refractivity contribution in [2.24, 2.45) is 0 Å². The number of pyridine rings is 1. The number of Topliss-reactive ketones (excluding diaryl/α,β-unsaturated/α-hetero) is 1. The minimum absolute atomic E-state index is 0.00463. The largest absolute Gasteiger partial charge is 0.419 e. The molecule has 1 saturated carbocycles. The lowest BCUT2D eigenvalue weighted by Crippen LogP contribution is -2.57. The smallest absolute Gasteiger partial charge is 0.355 e. The number of nitriles is 1. The number of alkyl halides is 3. The Morgan fingerprint density at radius 3 is 2.52 bits per heavy atom. The molecule has 0 radical (unpaired) electrons. The van der Waals surface area contributed by atoms with Crippen molar-refractivity contribution in [1.82, 2.24) is 10.3 Å². The Kier molecular flexibility index (Phi) is 5.32. The SMILES string of the molecule is CNC(=O)c1ccc(N2C(=S)N(c3cnc(C#N)c(C(F)(F)F)c3)CC23CC(=O)C3)cc1F. The Balaban J connectivity index is 1.76. The number of rotatable bonds is 3. The molecule has 0 unspecified atom stereocenters. The van der Waals surface area contributed by atoms with Crippen molar-refractivity contribution in [2.75, 3.05) is 23.4 Å². The van der Waals surface area contributed by atoms with Crippen molar-refractivity contribution in [3.05, 3.63) is 53.1 Å². The van der Waals surface area contributed by atoms with Crippen LogP contribution in [0.4, 0.5) is 28.9 Å². The van der Waals surface area contributed by atoms with Crippen LogP contribution >= 0.6 is 12.2 Å². The molecule has 0 bridgehead atoms. The number of nitrogens with zero attached hydrogens (tertiary/aromatic N) is 4. The van der Waals surface area contributed by atoms with Gasteiger partial charge < -0.3 is 15.1 Å². The molecule has 1 aliphatic heterocycles. The molecule has 1 saturated heterocycles. The van der Waals surface area contributed by atoms with Gasteiger partial charge in [-0.25, -0.2) is 9.37 Å². The predicted molar refractivity (Wildman–Crippen MR) is 113 cm³/mol. The van der Waals surface area contributed by atoms with E-state index in [-0.39, 0.29) is 47.2 Å². The van der Waals surface area contributed by atoms with Gasteiger partial charge in [0.25, 0.3) is 5.91 Å². The van der Waals surface area contributed by atoms with E-state index in [1.165, 1.54) is 35.0 Å². The summed E-state index contributed by atoms with van der Waals surface area (Å²) in [6, 6.07) is 6.04. The zero-order chi connectivity index (χ0) is 24.1. The summed E-state index contributed by atoms with van der Waals surface area (Å²) in [7, 11) is 1.36. The van der Waals surface area contributed by atoms with E-state index < -0.39 is 34.7 Å². The van der Waals surface area contributed by atoms with Gasteiger partial charge in [0, 0.05) is 32.1 Å². The van der Waals surface area contributed by atoms with Gasteiger partial charge in [0.15, 0.2) is 10.8 Å². The Hall–Kier alpha value is -3.59. The molecule has 2 aliphatic rings. The van der Waals surface area contributed by atoms with Crippen LogP contribution in [0.25, 0.3) is 0 Å². The average Bonchev–Trinajstić information content (AvgIpc) is 3.04. The highest BCUT2D eigenvalue weighted by molar-refractivity contribution is 7.80. The minimum atomic E-state index is -4.81. The van der Waals surface area contributed by atoms with Gasteiger partial charge in [0.05, 0.1) is 28.6 Å².